The Hall–Kier alpha value is -2.11. The summed E-state index contributed by atoms with van der Waals surface area (Å²) in [5, 5.41) is 8.29. The summed E-state index contributed by atoms with van der Waals surface area (Å²) in [6.45, 7) is 4.64. The van der Waals surface area contributed by atoms with Gasteiger partial charge in [-0.1, -0.05) is 0 Å². The maximum Gasteiger partial charge on any atom is 0.226 e. The average molecular weight is 314 g/mol. The number of hydrogen-bond acceptors (Lipinski definition) is 4. The van der Waals surface area contributed by atoms with Gasteiger partial charge < -0.3 is 13.9 Å². The van der Waals surface area contributed by atoms with Crippen LogP contribution in [0.15, 0.2) is 29.1 Å². The Labute approximate surface area is 135 Å². The molecule has 6 nitrogen and oxygen atoms in total. The highest BCUT2D eigenvalue weighted by atomic mass is 16.3. The highest BCUT2D eigenvalue weighted by Gasteiger charge is 2.47. The molecule has 0 unspecified atom stereocenters. The molecule has 0 radical (unpaired) electrons. The van der Waals surface area contributed by atoms with E-state index in [9.17, 15) is 4.79 Å². The van der Waals surface area contributed by atoms with Gasteiger partial charge in [0.25, 0.3) is 0 Å². The Morgan fingerprint density at radius 1 is 1.39 bits per heavy atom. The average Bonchev–Trinajstić information content (AvgIpc) is 3.02. The van der Waals surface area contributed by atoms with E-state index in [-0.39, 0.29) is 5.92 Å². The van der Waals surface area contributed by atoms with Crippen LogP contribution in [0.4, 0.5) is 0 Å². The van der Waals surface area contributed by atoms with Crippen molar-refractivity contribution >= 4 is 5.91 Å². The Balaban J connectivity index is 1.34. The zero-order chi connectivity index (χ0) is 15.8. The second kappa shape index (κ2) is 5.83. The zero-order valence-electron chi connectivity index (χ0n) is 13.4. The topological polar surface area (TPSA) is 64.2 Å². The number of carbonyl (C=O) groups excluding carboxylic acids is 1. The van der Waals surface area contributed by atoms with Crippen LogP contribution in [0, 0.1) is 5.92 Å². The van der Waals surface area contributed by atoms with Gasteiger partial charge in [-0.05, 0) is 38.3 Å². The molecule has 0 spiro atoms. The molecule has 1 aliphatic carbocycles. The van der Waals surface area contributed by atoms with Gasteiger partial charge >= 0.3 is 0 Å². The molecule has 0 N–H and O–H groups in total. The molecule has 1 amide bonds. The van der Waals surface area contributed by atoms with Crippen molar-refractivity contribution in [2.24, 2.45) is 5.92 Å². The molecule has 2 fully saturated rings. The van der Waals surface area contributed by atoms with Crippen molar-refractivity contribution in [3.63, 3.8) is 0 Å². The van der Waals surface area contributed by atoms with Gasteiger partial charge in [-0.25, -0.2) is 0 Å². The first-order valence-electron chi connectivity index (χ1n) is 8.47. The largest absolute Gasteiger partial charge is 0.469 e. The monoisotopic (exact) mass is 314 g/mol. The van der Waals surface area contributed by atoms with Crippen LogP contribution in [0.5, 0.6) is 0 Å². The van der Waals surface area contributed by atoms with Crippen molar-refractivity contribution in [1.29, 1.82) is 0 Å². The van der Waals surface area contributed by atoms with Gasteiger partial charge in [0.2, 0.25) is 5.91 Å². The number of rotatable bonds is 4. The van der Waals surface area contributed by atoms with Crippen LogP contribution in [0.25, 0.3) is 0 Å². The van der Waals surface area contributed by atoms with Crippen molar-refractivity contribution < 1.29 is 9.21 Å². The van der Waals surface area contributed by atoms with Crippen LogP contribution in [-0.2, 0) is 11.3 Å². The molecule has 122 valence electrons. The minimum absolute atomic E-state index is 0.122. The maximum absolute atomic E-state index is 12.6. The summed E-state index contributed by atoms with van der Waals surface area (Å²) in [7, 11) is 0. The molecule has 1 aliphatic heterocycles. The quantitative estimate of drug-likeness (QED) is 0.869. The summed E-state index contributed by atoms with van der Waals surface area (Å²) >= 11 is 0. The smallest absolute Gasteiger partial charge is 0.226 e. The van der Waals surface area contributed by atoms with Crippen LogP contribution >= 0.6 is 0 Å². The van der Waals surface area contributed by atoms with Crippen LogP contribution < -0.4 is 0 Å². The number of aryl methyl sites for hydroxylation is 1. The molecule has 3 heterocycles. The second-order valence-corrected chi connectivity index (χ2v) is 6.54. The third kappa shape index (κ3) is 2.66. The lowest BCUT2D eigenvalue weighted by Crippen LogP contribution is -2.39. The van der Waals surface area contributed by atoms with Crippen molar-refractivity contribution in [2.75, 3.05) is 13.1 Å². The third-order valence-corrected chi connectivity index (χ3v) is 5.17. The summed E-state index contributed by atoms with van der Waals surface area (Å²) in [6, 6.07) is 3.87. The Morgan fingerprint density at radius 3 is 2.91 bits per heavy atom. The maximum atomic E-state index is 12.6. The fourth-order valence-electron chi connectivity index (χ4n) is 3.70. The van der Waals surface area contributed by atoms with E-state index >= 15 is 0 Å². The number of likely N-dealkylation sites (tertiary alicyclic amines) is 1. The molecule has 2 aromatic rings. The Morgan fingerprint density at radius 2 is 2.22 bits per heavy atom. The van der Waals surface area contributed by atoms with E-state index in [1.807, 2.05) is 17.0 Å². The summed E-state index contributed by atoms with van der Waals surface area (Å²) < 4.78 is 7.54. The number of amides is 1. The van der Waals surface area contributed by atoms with E-state index in [4.69, 9.17) is 4.42 Å². The van der Waals surface area contributed by atoms with Gasteiger partial charge in [0.15, 0.2) is 0 Å². The SMILES string of the molecule is CCn1cnnc1C1CCN(C(=O)[C@@H]2C[C@H]2c2ccco2)CC1. The molecule has 0 bridgehead atoms. The minimum atomic E-state index is 0.122. The minimum Gasteiger partial charge on any atom is -0.469 e. The lowest BCUT2D eigenvalue weighted by atomic mass is 9.95. The molecule has 6 heteroatoms. The van der Waals surface area contributed by atoms with Crippen LogP contribution in [0.2, 0.25) is 0 Å². The first-order chi connectivity index (χ1) is 11.3. The Bertz CT molecular complexity index is 671. The number of hydrogen-bond donors (Lipinski definition) is 0. The van der Waals surface area contributed by atoms with Crippen molar-refractivity contribution in [1.82, 2.24) is 19.7 Å². The fourth-order valence-corrected chi connectivity index (χ4v) is 3.70. The third-order valence-electron chi connectivity index (χ3n) is 5.17. The van der Waals surface area contributed by atoms with E-state index in [2.05, 4.69) is 21.7 Å². The Kier molecular flexibility index (Phi) is 3.67. The fraction of sp³-hybridized carbons (Fsp3) is 0.588. The van der Waals surface area contributed by atoms with E-state index in [0.717, 1.165) is 50.5 Å². The predicted octanol–water partition coefficient (Wildman–Crippen LogP) is 2.40. The van der Waals surface area contributed by atoms with Gasteiger partial charge in [0.05, 0.1) is 6.26 Å². The summed E-state index contributed by atoms with van der Waals surface area (Å²) in [6.07, 6.45) is 6.36. The summed E-state index contributed by atoms with van der Waals surface area (Å²) in [5.41, 5.74) is 0. The lowest BCUT2D eigenvalue weighted by Gasteiger charge is -2.31. The summed E-state index contributed by atoms with van der Waals surface area (Å²) in [4.78, 5) is 14.7. The van der Waals surface area contributed by atoms with Gasteiger partial charge in [-0.3, -0.25) is 4.79 Å². The molecular weight excluding hydrogens is 292 g/mol. The van der Waals surface area contributed by atoms with Gasteiger partial charge in [-0.15, -0.1) is 10.2 Å². The molecular formula is C17H22N4O2. The number of nitrogens with zero attached hydrogens (tertiary/aromatic N) is 4. The molecule has 2 aromatic heterocycles. The molecule has 0 aromatic carbocycles. The summed E-state index contributed by atoms with van der Waals surface area (Å²) in [5.74, 6) is 3.15. The van der Waals surface area contributed by atoms with Crippen molar-refractivity contribution in [3.8, 4) is 0 Å². The van der Waals surface area contributed by atoms with Gasteiger partial charge in [0.1, 0.15) is 17.9 Å². The van der Waals surface area contributed by atoms with Crippen LogP contribution in [0.1, 0.15) is 49.6 Å². The molecule has 2 aliphatic rings. The molecule has 1 saturated heterocycles. The van der Waals surface area contributed by atoms with Gasteiger partial charge in [-0.2, -0.15) is 0 Å². The zero-order valence-corrected chi connectivity index (χ0v) is 13.4. The highest BCUT2D eigenvalue weighted by molar-refractivity contribution is 5.83. The normalized spacial score (nSPS) is 24.8. The van der Waals surface area contributed by atoms with Crippen LogP contribution in [-0.4, -0.2) is 38.7 Å². The predicted molar refractivity (Wildman–Crippen MR) is 83.8 cm³/mol. The number of carbonyl (C=O) groups is 1. The molecule has 1 saturated carbocycles. The molecule has 4 rings (SSSR count). The second-order valence-electron chi connectivity index (χ2n) is 6.54. The van der Waals surface area contributed by atoms with Crippen molar-refractivity contribution in [2.45, 2.75) is 44.6 Å². The first kappa shape index (κ1) is 14.5. The molecule has 23 heavy (non-hydrogen) atoms. The first-order valence-corrected chi connectivity index (χ1v) is 8.47. The van der Waals surface area contributed by atoms with E-state index < -0.39 is 0 Å². The number of aromatic nitrogens is 3. The lowest BCUT2D eigenvalue weighted by molar-refractivity contribution is -0.133. The highest BCUT2D eigenvalue weighted by Crippen LogP contribution is 2.49. The molecule has 2 atom stereocenters. The number of piperidine rings is 1. The van der Waals surface area contributed by atoms with Crippen molar-refractivity contribution in [3.05, 3.63) is 36.3 Å². The van der Waals surface area contributed by atoms with E-state index in [0.29, 0.717) is 17.7 Å². The number of furan rings is 1. The van der Waals surface area contributed by atoms with Gasteiger partial charge in [0, 0.05) is 37.4 Å². The van der Waals surface area contributed by atoms with E-state index in [1.165, 1.54) is 0 Å². The van der Waals surface area contributed by atoms with E-state index in [1.54, 1.807) is 12.6 Å². The standard InChI is InChI=1S/C17H22N4O2/c1-2-20-11-18-19-16(20)12-5-7-21(8-6-12)17(22)14-10-13(14)15-4-3-9-23-15/h3-4,9,11-14H,2,5-8,10H2,1H3/t13-,14-/m1/s1. The van der Waals surface area contributed by atoms with Crippen LogP contribution in [0.3, 0.4) is 0 Å².